The van der Waals surface area contributed by atoms with Crippen molar-refractivity contribution in [2.24, 2.45) is 17.4 Å². The first kappa shape index (κ1) is 46.4. The summed E-state index contributed by atoms with van der Waals surface area (Å²) < 4.78 is 27.0. The Bertz CT molecular complexity index is 916. The number of unbranched alkanes of at least 4 members (excludes halogenated alkanes) is 2. The predicted molar refractivity (Wildman–Crippen MR) is 186 cm³/mol. The highest BCUT2D eigenvalue weighted by Gasteiger charge is 2.29. The maximum absolute atomic E-state index is 13.6. The van der Waals surface area contributed by atoms with Crippen LogP contribution in [0.3, 0.4) is 0 Å². The van der Waals surface area contributed by atoms with Gasteiger partial charge >= 0.3 is 12.2 Å². The molecule has 0 aliphatic carbocycles. The van der Waals surface area contributed by atoms with Gasteiger partial charge < -0.3 is 45.4 Å². The monoisotopic (exact) mass is 706 g/mol. The molecule has 3 amide bonds. The number of nitrogens with two attached hydrogens (primary N) is 3. The number of hydrogen-bond acceptors (Lipinski definition) is 14. The lowest BCUT2D eigenvalue weighted by molar-refractivity contribution is -0.130. The minimum absolute atomic E-state index is 0.182. The zero-order valence-electron chi connectivity index (χ0n) is 30.7. The molecule has 0 aromatic carbocycles. The first-order chi connectivity index (χ1) is 23.1. The molecule has 17 heteroatoms. The van der Waals surface area contributed by atoms with Crippen LogP contribution in [0.4, 0.5) is 9.59 Å². The molecule has 3 atom stereocenters. The zero-order chi connectivity index (χ0) is 37.1. The highest BCUT2D eigenvalue weighted by Crippen LogP contribution is 2.10. The Labute approximate surface area is 292 Å². The Morgan fingerprint density at radius 2 is 1.02 bits per heavy atom. The van der Waals surface area contributed by atoms with Crippen LogP contribution in [0.1, 0.15) is 92.9 Å². The summed E-state index contributed by atoms with van der Waals surface area (Å²) in [4.78, 5) is 50.5. The lowest BCUT2D eigenvalue weighted by Crippen LogP contribution is -2.56. The topological polar surface area (TPSA) is 253 Å². The average molecular weight is 707 g/mol. The van der Waals surface area contributed by atoms with E-state index in [1.165, 1.54) is 0 Å². The van der Waals surface area contributed by atoms with Crippen molar-refractivity contribution < 1.29 is 42.9 Å². The second-order valence-electron chi connectivity index (χ2n) is 13.5. The summed E-state index contributed by atoms with van der Waals surface area (Å²) in [6.45, 7) is 14.3. The number of hydrazine groups is 2. The van der Waals surface area contributed by atoms with E-state index >= 15 is 0 Å². The summed E-state index contributed by atoms with van der Waals surface area (Å²) in [5.74, 6) is 10.7. The second kappa shape index (κ2) is 27.1. The normalized spacial score (nSPS) is 13.7. The van der Waals surface area contributed by atoms with Crippen LogP contribution >= 0.6 is 0 Å². The fourth-order valence-electron chi connectivity index (χ4n) is 4.28. The molecule has 0 aliphatic heterocycles. The van der Waals surface area contributed by atoms with E-state index < -0.39 is 47.4 Å². The summed E-state index contributed by atoms with van der Waals surface area (Å²) in [7, 11) is 0. The lowest BCUT2D eigenvalue weighted by Gasteiger charge is -2.25. The third kappa shape index (κ3) is 26.8. The minimum atomic E-state index is -0.907. The predicted octanol–water partition coefficient (Wildman–Crippen LogP) is 0.883. The van der Waals surface area contributed by atoms with Crippen molar-refractivity contribution in [2.45, 2.75) is 122 Å². The highest BCUT2D eigenvalue weighted by atomic mass is 16.6. The molecule has 0 bridgehead atoms. The second-order valence-corrected chi connectivity index (χ2v) is 13.5. The van der Waals surface area contributed by atoms with E-state index in [0.29, 0.717) is 91.2 Å². The summed E-state index contributed by atoms with van der Waals surface area (Å²) in [6, 6.07) is -2.44. The van der Waals surface area contributed by atoms with Gasteiger partial charge in [0, 0.05) is 26.3 Å². The first-order valence-corrected chi connectivity index (χ1v) is 17.3. The zero-order valence-corrected chi connectivity index (χ0v) is 30.7. The fourth-order valence-corrected chi connectivity index (χ4v) is 4.28. The molecule has 0 saturated heterocycles. The van der Waals surface area contributed by atoms with E-state index in [1.54, 1.807) is 41.5 Å². The molecule has 0 aromatic heterocycles. The molecule has 0 spiro atoms. The Hall–Kier alpha value is -2.64. The summed E-state index contributed by atoms with van der Waals surface area (Å²) in [5.41, 5.74) is 9.33. The largest absolute Gasteiger partial charge is 0.444 e. The third-order valence-electron chi connectivity index (χ3n) is 6.69. The minimum Gasteiger partial charge on any atom is -0.444 e. The highest BCUT2D eigenvalue weighted by molar-refractivity contribution is 5.93. The Kier molecular flexibility index (Phi) is 25.7. The van der Waals surface area contributed by atoms with Crippen molar-refractivity contribution in [2.75, 3.05) is 59.3 Å². The molecule has 0 fully saturated rings. The van der Waals surface area contributed by atoms with Gasteiger partial charge in [0.2, 0.25) is 5.91 Å². The average Bonchev–Trinajstić information content (AvgIpc) is 3.00. The van der Waals surface area contributed by atoms with E-state index in [4.69, 9.17) is 41.1 Å². The van der Waals surface area contributed by atoms with Gasteiger partial charge in [-0.2, -0.15) is 0 Å². The van der Waals surface area contributed by atoms with Crippen molar-refractivity contribution in [1.29, 1.82) is 0 Å². The standard InChI is InChI=1S/C32H66N8O9/c1-31(2,3)48-29(43)36-16-9-7-12-25(39-34)27(41)24(14-19-46-21-23-47-22-20-45-18-11-15-33)38-28(42)26(40-35)13-8-10-17-37-30(44)49-32(4,5)6/h24-26,39-40H,7-23,33-35H2,1-6H3,(H,36,43)(H,37,44)(H,38,42)/t24?,25-,26-/m0/s1. The Morgan fingerprint density at radius 1 is 0.571 bits per heavy atom. The van der Waals surface area contributed by atoms with Gasteiger partial charge in [0.05, 0.1) is 44.6 Å². The molecule has 0 saturated carbocycles. The van der Waals surface area contributed by atoms with Gasteiger partial charge in [-0.1, -0.05) is 0 Å². The van der Waals surface area contributed by atoms with Gasteiger partial charge in [-0.05, 0) is 99.5 Å². The van der Waals surface area contributed by atoms with Gasteiger partial charge in [-0.25, -0.2) is 20.4 Å². The Balaban J connectivity index is 5.02. The number of Topliss-reactive ketones (excluding diaryl/α,β-unsaturated/α-hetero) is 1. The number of hydrogen-bond donors (Lipinski definition) is 8. The number of rotatable bonds is 28. The molecule has 0 radical (unpaired) electrons. The van der Waals surface area contributed by atoms with Gasteiger partial charge in [-0.15, -0.1) is 0 Å². The van der Waals surface area contributed by atoms with Gasteiger partial charge in [0.1, 0.15) is 11.2 Å². The molecule has 0 aliphatic rings. The van der Waals surface area contributed by atoms with Gasteiger partial charge in [-0.3, -0.25) is 21.3 Å². The van der Waals surface area contributed by atoms with Crippen molar-refractivity contribution in [3.8, 4) is 0 Å². The molecule has 288 valence electrons. The molecule has 0 rings (SSSR count). The summed E-state index contributed by atoms with van der Waals surface area (Å²) >= 11 is 0. The SMILES string of the molecule is CC(C)(C)OC(=O)NCCCC[C@H](NN)C(=O)NC(CCOCCOCCOCCCN)C(=O)[C@H](CCCCNC(=O)OC(C)(C)C)NN. The van der Waals surface area contributed by atoms with Crippen molar-refractivity contribution >= 4 is 23.9 Å². The summed E-state index contributed by atoms with van der Waals surface area (Å²) in [5, 5.41) is 8.19. The molecule has 0 heterocycles. The Morgan fingerprint density at radius 3 is 1.47 bits per heavy atom. The molecule has 1 unspecified atom stereocenters. The number of nitrogens with one attached hydrogen (secondary N) is 5. The van der Waals surface area contributed by atoms with Crippen molar-refractivity contribution in [3.63, 3.8) is 0 Å². The van der Waals surface area contributed by atoms with E-state index in [1.807, 2.05) is 0 Å². The van der Waals surface area contributed by atoms with Crippen LogP contribution in [0.25, 0.3) is 0 Å². The quantitative estimate of drug-likeness (QED) is 0.0320. The van der Waals surface area contributed by atoms with Gasteiger partial charge in [0.15, 0.2) is 5.78 Å². The van der Waals surface area contributed by atoms with E-state index in [0.717, 1.165) is 6.42 Å². The number of ether oxygens (including phenoxy) is 5. The number of carbonyl (C=O) groups is 4. The lowest BCUT2D eigenvalue weighted by atomic mass is 9.97. The molecule has 49 heavy (non-hydrogen) atoms. The maximum atomic E-state index is 13.6. The first-order valence-electron chi connectivity index (χ1n) is 17.3. The van der Waals surface area contributed by atoms with Crippen LogP contribution in [-0.2, 0) is 33.3 Å². The third-order valence-corrected chi connectivity index (χ3v) is 6.69. The van der Waals surface area contributed by atoms with Gasteiger partial charge in [0.25, 0.3) is 0 Å². The molecular weight excluding hydrogens is 640 g/mol. The number of amides is 3. The van der Waals surface area contributed by atoms with Crippen LogP contribution in [0.5, 0.6) is 0 Å². The number of alkyl carbamates (subject to hydrolysis) is 2. The molecule has 17 nitrogen and oxygen atoms in total. The van der Waals surface area contributed by atoms with Crippen LogP contribution in [-0.4, -0.2) is 112 Å². The number of carbonyl (C=O) groups excluding carboxylic acids is 4. The molecule has 11 N–H and O–H groups in total. The fraction of sp³-hybridized carbons (Fsp3) is 0.875. The molecular formula is C32H66N8O9. The maximum Gasteiger partial charge on any atom is 0.407 e. The van der Waals surface area contributed by atoms with Crippen LogP contribution < -0.4 is 44.2 Å². The summed E-state index contributed by atoms with van der Waals surface area (Å²) in [6.07, 6.45) is 3.04. The van der Waals surface area contributed by atoms with Crippen molar-refractivity contribution in [1.82, 2.24) is 26.8 Å². The van der Waals surface area contributed by atoms with Crippen molar-refractivity contribution in [3.05, 3.63) is 0 Å². The number of ketones is 1. The van der Waals surface area contributed by atoms with Crippen LogP contribution in [0.15, 0.2) is 0 Å². The van der Waals surface area contributed by atoms with Crippen LogP contribution in [0, 0.1) is 0 Å². The van der Waals surface area contributed by atoms with E-state index in [2.05, 4.69) is 26.8 Å². The van der Waals surface area contributed by atoms with Crippen LogP contribution in [0.2, 0.25) is 0 Å². The van der Waals surface area contributed by atoms with E-state index in [9.17, 15) is 19.2 Å². The molecule has 0 aromatic rings. The van der Waals surface area contributed by atoms with E-state index in [-0.39, 0.29) is 18.8 Å². The smallest absolute Gasteiger partial charge is 0.407 e.